The molecule has 0 aliphatic rings. The molecule has 2 aromatic heterocycles. The van der Waals surface area contributed by atoms with Crippen molar-refractivity contribution in [2.75, 3.05) is 33.2 Å². The molecule has 0 aliphatic heterocycles. The van der Waals surface area contributed by atoms with Crippen molar-refractivity contribution < 1.29 is 32.2 Å². The number of benzene rings is 1. The van der Waals surface area contributed by atoms with Gasteiger partial charge in [-0.2, -0.15) is 0 Å². The van der Waals surface area contributed by atoms with Crippen molar-refractivity contribution in [3.63, 3.8) is 0 Å². The topological polar surface area (TPSA) is 129 Å². The van der Waals surface area contributed by atoms with Crippen molar-refractivity contribution in [2.45, 2.75) is 4.90 Å². The molecule has 1 aromatic carbocycles. The molecule has 0 saturated heterocycles. The minimum Gasteiger partial charge on any atom is -0.493 e. The molecule has 0 aliphatic carbocycles. The van der Waals surface area contributed by atoms with E-state index in [0.717, 1.165) is 0 Å². The minimum absolute atomic E-state index is 0.0335. The predicted octanol–water partition coefficient (Wildman–Crippen LogP) is 2.18. The summed E-state index contributed by atoms with van der Waals surface area (Å²) in [5, 5.41) is 0.388. The van der Waals surface area contributed by atoms with Crippen LogP contribution in [0.3, 0.4) is 0 Å². The maximum absolute atomic E-state index is 13.1. The Hall–Kier alpha value is -3.47. The lowest BCUT2D eigenvalue weighted by Gasteiger charge is -2.19. The fraction of sp³-hybridized carbons (Fsp3) is 0.222. The summed E-state index contributed by atoms with van der Waals surface area (Å²) in [5.41, 5.74) is 0.152. The number of aromatic amines is 1. The van der Waals surface area contributed by atoms with Gasteiger partial charge >= 0.3 is 5.97 Å². The Labute approximate surface area is 166 Å². The van der Waals surface area contributed by atoms with Gasteiger partial charge in [0, 0.05) is 23.8 Å². The maximum Gasteiger partial charge on any atom is 0.340 e. The standard InChI is InChI=1S/C18H19N3O7S/c1-25-12-8-11(18(22)28-4)14(16(27-3)15(12)26-2)21-29(23,24)13-9-20-17-10(13)6-5-7-19-17/h5-9,21H,1-4H3,(H,19,20). The van der Waals surface area contributed by atoms with Crippen LogP contribution in [-0.2, 0) is 14.8 Å². The van der Waals surface area contributed by atoms with Crippen molar-refractivity contribution in [3.8, 4) is 17.2 Å². The third kappa shape index (κ3) is 3.51. The van der Waals surface area contributed by atoms with Crippen LogP contribution in [0.5, 0.6) is 17.2 Å². The first-order chi connectivity index (χ1) is 13.9. The summed E-state index contributed by atoms with van der Waals surface area (Å²) in [4.78, 5) is 19.2. The normalized spacial score (nSPS) is 11.2. The van der Waals surface area contributed by atoms with E-state index < -0.39 is 16.0 Å². The number of rotatable bonds is 7. The number of methoxy groups -OCH3 is 4. The average Bonchev–Trinajstić information content (AvgIpc) is 3.17. The molecule has 0 saturated carbocycles. The lowest BCUT2D eigenvalue weighted by atomic mass is 10.1. The Morgan fingerprint density at radius 3 is 2.45 bits per heavy atom. The first kappa shape index (κ1) is 20.3. The molecule has 3 aromatic rings. The number of fused-ring (bicyclic) bond motifs is 1. The summed E-state index contributed by atoms with van der Waals surface area (Å²) >= 11 is 0. The van der Waals surface area contributed by atoms with Crippen LogP contribution in [0.1, 0.15) is 10.4 Å². The monoisotopic (exact) mass is 421 g/mol. The van der Waals surface area contributed by atoms with E-state index in [1.807, 2.05) is 0 Å². The minimum atomic E-state index is -4.14. The fourth-order valence-electron chi connectivity index (χ4n) is 2.87. The molecule has 3 rings (SSSR count). The molecule has 29 heavy (non-hydrogen) atoms. The molecular formula is C18H19N3O7S. The number of hydrogen-bond donors (Lipinski definition) is 2. The van der Waals surface area contributed by atoms with Gasteiger partial charge in [0.15, 0.2) is 11.5 Å². The summed E-state index contributed by atoms with van der Waals surface area (Å²) in [5.74, 6) is -0.540. The number of esters is 1. The molecule has 0 unspecified atom stereocenters. The molecule has 0 fully saturated rings. The smallest absolute Gasteiger partial charge is 0.340 e. The van der Waals surface area contributed by atoms with Crippen LogP contribution in [0, 0.1) is 0 Å². The summed E-state index contributed by atoms with van der Waals surface area (Å²) in [6, 6.07) is 4.54. The number of carbonyl (C=O) groups is 1. The second-order valence-electron chi connectivity index (χ2n) is 5.72. The van der Waals surface area contributed by atoms with Crippen molar-refractivity contribution in [1.29, 1.82) is 0 Å². The van der Waals surface area contributed by atoms with Crippen LogP contribution in [-0.4, -0.2) is 52.8 Å². The summed E-state index contributed by atoms with van der Waals surface area (Å²) in [6.45, 7) is 0. The lowest BCUT2D eigenvalue weighted by molar-refractivity contribution is 0.0601. The van der Waals surface area contributed by atoms with Gasteiger partial charge in [-0.1, -0.05) is 0 Å². The van der Waals surface area contributed by atoms with Gasteiger partial charge in [-0.15, -0.1) is 0 Å². The highest BCUT2D eigenvalue weighted by atomic mass is 32.2. The summed E-state index contributed by atoms with van der Waals surface area (Å²) < 4.78 is 49.3. The quantitative estimate of drug-likeness (QED) is 0.556. The number of ether oxygens (including phenoxy) is 4. The maximum atomic E-state index is 13.1. The Morgan fingerprint density at radius 2 is 1.83 bits per heavy atom. The Morgan fingerprint density at radius 1 is 1.10 bits per heavy atom. The van der Waals surface area contributed by atoms with Crippen molar-refractivity contribution in [2.24, 2.45) is 0 Å². The molecule has 0 spiro atoms. The van der Waals surface area contributed by atoms with Crippen LogP contribution < -0.4 is 18.9 Å². The van der Waals surface area contributed by atoms with E-state index in [0.29, 0.717) is 11.0 Å². The highest BCUT2D eigenvalue weighted by Gasteiger charge is 2.29. The zero-order valence-electron chi connectivity index (χ0n) is 16.1. The third-order valence-corrected chi connectivity index (χ3v) is 5.56. The molecule has 0 amide bonds. The number of nitrogens with one attached hydrogen (secondary N) is 2. The first-order valence-corrected chi connectivity index (χ1v) is 9.72. The summed E-state index contributed by atoms with van der Waals surface area (Å²) in [7, 11) is 1.08. The first-order valence-electron chi connectivity index (χ1n) is 8.24. The molecule has 11 heteroatoms. The van der Waals surface area contributed by atoms with Crippen LogP contribution in [0.4, 0.5) is 5.69 Å². The molecule has 0 bridgehead atoms. The lowest BCUT2D eigenvalue weighted by Crippen LogP contribution is -2.17. The van der Waals surface area contributed by atoms with Gasteiger partial charge in [-0.3, -0.25) is 4.72 Å². The molecule has 0 atom stereocenters. The van der Waals surface area contributed by atoms with Crippen molar-refractivity contribution in [3.05, 3.63) is 36.2 Å². The van der Waals surface area contributed by atoms with Gasteiger partial charge in [-0.05, 0) is 12.1 Å². The molecule has 154 valence electrons. The number of H-pyrrole nitrogens is 1. The Balaban J connectivity index is 2.22. The second-order valence-corrected chi connectivity index (χ2v) is 7.37. The molecule has 2 heterocycles. The second kappa shape index (κ2) is 7.87. The van der Waals surface area contributed by atoms with Gasteiger partial charge in [0.05, 0.1) is 34.0 Å². The van der Waals surface area contributed by atoms with E-state index in [2.05, 4.69) is 14.7 Å². The highest BCUT2D eigenvalue weighted by Crippen LogP contribution is 2.46. The number of anilines is 1. The zero-order valence-corrected chi connectivity index (χ0v) is 16.9. The van der Waals surface area contributed by atoms with E-state index >= 15 is 0 Å². The third-order valence-electron chi connectivity index (χ3n) is 4.17. The van der Waals surface area contributed by atoms with E-state index in [-0.39, 0.29) is 33.4 Å². The van der Waals surface area contributed by atoms with Gasteiger partial charge < -0.3 is 23.9 Å². The van der Waals surface area contributed by atoms with E-state index in [1.54, 1.807) is 12.1 Å². The van der Waals surface area contributed by atoms with Crippen LogP contribution in [0.2, 0.25) is 0 Å². The van der Waals surface area contributed by atoms with Gasteiger partial charge in [0.2, 0.25) is 5.75 Å². The van der Waals surface area contributed by atoms with Crippen molar-refractivity contribution >= 4 is 32.7 Å². The summed E-state index contributed by atoms with van der Waals surface area (Å²) in [6.07, 6.45) is 2.85. The average molecular weight is 421 g/mol. The largest absolute Gasteiger partial charge is 0.493 e. The van der Waals surface area contributed by atoms with Crippen molar-refractivity contribution in [1.82, 2.24) is 9.97 Å². The zero-order chi connectivity index (χ0) is 21.2. The highest BCUT2D eigenvalue weighted by molar-refractivity contribution is 7.93. The fourth-order valence-corrected chi connectivity index (χ4v) is 4.12. The van der Waals surface area contributed by atoms with E-state index in [1.165, 1.54) is 46.9 Å². The molecule has 10 nitrogen and oxygen atoms in total. The van der Waals surface area contributed by atoms with E-state index in [4.69, 9.17) is 18.9 Å². The number of aromatic nitrogens is 2. The molecule has 0 radical (unpaired) electrons. The number of carbonyl (C=O) groups excluding carboxylic acids is 1. The molecular weight excluding hydrogens is 402 g/mol. The van der Waals surface area contributed by atoms with Crippen LogP contribution in [0.15, 0.2) is 35.5 Å². The Bertz CT molecular complexity index is 1170. The number of pyridine rings is 1. The number of nitrogens with zero attached hydrogens (tertiary/aromatic N) is 1. The van der Waals surface area contributed by atoms with Crippen LogP contribution in [0.25, 0.3) is 11.0 Å². The molecule has 2 N–H and O–H groups in total. The van der Waals surface area contributed by atoms with Gasteiger partial charge in [0.25, 0.3) is 10.0 Å². The predicted molar refractivity (Wildman–Crippen MR) is 104 cm³/mol. The van der Waals surface area contributed by atoms with Gasteiger partial charge in [-0.25, -0.2) is 18.2 Å². The SMILES string of the molecule is COC(=O)c1cc(OC)c(OC)c(OC)c1NS(=O)(=O)c1c[nH]c2ncccc12. The number of sulfonamides is 1. The van der Waals surface area contributed by atoms with Gasteiger partial charge in [0.1, 0.15) is 16.2 Å². The Kier molecular flexibility index (Phi) is 5.50. The number of hydrogen-bond acceptors (Lipinski definition) is 8. The van der Waals surface area contributed by atoms with Crippen LogP contribution >= 0.6 is 0 Å². The van der Waals surface area contributed by atoms with E-state index in [9.17, 15) is 13.2 Å².